The highest BCUT2D eigenvalue weighted by Crippen LogP contribution is 2.29. The fourth-order valence-electron chi connectivity index (χ4n) is 3.10. The van der Waals surface area contributed by atoms with Gasteiger partial charge in [-0.05, 0) is 24.6 Å². The molecule has 3 rings (SSSR count). The van der Waals surface area contributed by atoms with E-state index in [4.69, 9.17) is 10.5 Å². The van der Waals surface area contributed by atoms with Gasteiger partial charge in [0.25, 0.3) is 0 Å². The van der Waals surface area contributed by atoms with Crippen molar-refractivity contribution < 1.29 is 23.5 Å². The second kappa shape index (κ2) is 7.08. The van der Waals surface area contributed by atoms with E-state index >= 15 is 0 Å². The van der Waals surface area contributed by atoms with Crippen LogP contribution < -0.4 is 15.5 Å². The number of rotatable bonds is 5. The van der Waals surface area contributed by atoms with Crippen molar-refractivity contribution in [3.63, 3.8) is 0 Å². The van der Waals surface area contributed by atoms with E-state index in [9.17, 15) is 18.8 Å². The van der Waals surface area contributed by atoms with Crippen LogP contribution in [0.1, 0.15) is 25.7 Å². The molecule has 0 spiro atoms. The normalized spacial score (nSPS) is 20.8. The number of hydrogen-bond acceptors (Lipinski definition) is 5. The Morgan fingerprint density at radius 1 is 1.28 bits per heavy atom. The summed E-state index contributed by atoms with van der Waals surface area (Å²) in [6.07, 6.45) is 0.316. The van der Waals surface area contributed by atoms with Gasteiger partial charge in [0, 0.05) is 32.4 Å². The molecular weight excluding hydrogens is 329 g/mol. The molecule has 2 aliphatic rings. The first kappa shape index (κ1) is 17.2. The molecule has 1 aromatic carbocycles. The minimum absolute atomic E-state index is 0.132. The molecule has 2 amide bonds. The summed E-state index contributed by atoms with van der Waals surface area (Å²) in [5, 5.41) is 0. The number of benzene rings is 1. The van der Waals surface area contributed by atoms with Crippen molar-refractivity contribution >= 4 is 29.2 Å². The maximum atomic E-state index is 14.5. The largest absolute Gasteiger partial charge is 0.444 e. The maximum absolute atomic E-state index is 14.5. The average molecular weight is 349 g/mol. The Balaban J connectivity index is 1.69. The number of carbonyl (C=O) groups excluding carboxylic acids is 3. The van der Waals surface area contributed by atoms with Crippen molar-refractivity contribution in [1.82, 2.24) is 0 Å². The Hall–Kier alpha value is -2.64. The van der Waals surface area contributed by atoms with Gasteiger partial charge in [-0.15, -0.1) is 0 Å². The van der Waals surface area contributed by atoms with Gasteiger partial charge in [0.1, 0.15) is 17.7 Å². The van der Waals surface area contributed by atoms with E-state index in [1.165, 1.54) is 11.0 Å². The van der Waals surface area contributed by atoms with E-state index in [0.717, 1.165) is 0 Å². The number of primary amides is 1. The molecule has 7 nitrogen and oxygen atoms in total. The first-order valence-electron chi connectivity index (χ1n) is 8.26. The number of ether oxygens (including phenoxy) is 1. The van der Waals surface area contributed by atoms with E-state index in [0.29, 0.717) is 43.7 Å². The number of piperidine rings is 1. The molecular formula is C17H20FN3O4. The summed E-state index contributed by atoms with van der Waals surface area (Å²) in [6.45, 7) is 1.25. The zero-order valence-electron chi connectivity index (χ0n) is 13.7. The summed E-state index contributed by atoms with van der Waals surface area (Å²) in [5.74, 6) is -0.708. The van der Waals surface area contributed by atoms with Gasteiger partial charge in [0.15, 0.2) is 0 Å². The minimum Gasteiger partial charge on any atom is -0.444 e. The average Bonchev–Trinajstić information content (AvgIpc) is 2.95. The Bertz CT molecular complexity index is 699. The molecule has 134 valence electrons. The minimum atomic E-state index is -0.565. The number of ketones is 1. The van der Waals surface area contributed by atoms with E-state index < -0.39 is 23.9 Å². The lowest BCUT2D eigenvalue weighted by Gasteiger charge is -2.28. The quantitative estimate of drug-likeness (QED) is 0.871. The lowest BCUT2D eigenvalue weighted by Crippen LogP contribution is -2.34. The third-order valence-corrected chi connectivity index (χ3v) is 4.49. The molecule has 0 aromatic heterocycles. The van der Waals surface area contributed by atoms with Crippen LogP contribution in [0.25, 0.3) is 0 Å². The number of anilines is 2. The smallest absolute Gasteiger partial charge is 0.414 e. The van der Waals surface area contributed by atoms with Gasteiger partial charge >= 0.3 is 6.09 Å². The van der Waals surface area contributed by atoms with Gasteiger partial charge in [-0.3, -0.25) is 14.5 Å². The number of amides is 2. The molecule has 1 aromatic rings. The number of cyclic esters (lactones) is 1. The molecule has 0 unspecified atom stereocenters. The van der Waals surface area contributed by atoms with E-state index in [1.807, 2.05) is 4.90 Å². The Morgan fingerprint density at radius 2 is 2.00 bits per heavy atom. The van der Waals surface area contributed by atoms with Crippen LogP contribution in [0.4, 0.5) is 20.6 Å². The molecule has 2 fully saturated rings. The molecule has 2 aliphatic heterocycles. The van der Waals surface area contributed by atoms with Crippen LogP contribution in [0.15, 0.2) is 18.2 Å². The summed E-state index contributed by atoms with van der Waals surface area (Å²) in [4.78, 5) is 37.3. The van der Waals surface area contributed by atoms with Gasteiger partial charge in [-0.1, -0.05) is 0 Å². The van der Waals surface area contributed by atoms with Crippen molar-refractivity contribution in [2.24, 2.45) is 5.73 Å². The van der Waals surface area contributed by atoms with Crippen molar-refractivity contribution in [2.45, 2.75) is 31.8 Å². The van der Waals surface area contributed by atoms with E-state index in [1.54, 1.807) is 12.1 Å². The highest BCUT2D eigenvalue weighted by atomic mass is 19.1. The number of halogens is 1. The van der Waals surface area contributed by atoms with Crippen LogP contribution in [0.3, 0.4) is 0 Å². The summed E-state index contributed by atoms with van der Waals surface area (Å²) in [6, 6.07) is 4.57. The second-order valence-corrected chi connectivity index (χ2v) is 6.28. The molecule has 2 N–H and O–H groups in total. The lowest BCUT2D eigenvalue weighted by molar-refractivity contribution is -0.119. The number of nitrogens with zero attached hydrogens (tertiary/aromatic N) is 2. The monoisotopic (exact) mass is 349 g/mol. The number of carbonyl (C=O) groups is 3. The summed E-state index contributed by atoms with van der Waals surface area (Å²) >= 11 is 0. The fraction of sp³-hybridized carbons (Fsp3) is 0.471. The Morgan fingerprint density at radius 3 is 2.64 bits per heavy atom. The van der Waals surface area contributed by atoms with Gasteiger partial charge in [0.05, 0.1) is 17.9 Å². The highest BCUT2D eigenvalue weighted by molar-refractivity contribution is 5.90. The molecule has 25 heavy (non-hydrogen) atoms. The third kappa shape index (κ3) is 3.89. The number of hydrogen-bond donors (Lipinski definition) is 1. The van der Waals surface area contributed by atoms with Crippen molar-refractivity contribution in [1.29, 1.82) is 0 Å². The molecule has 2 heterocycles. The van der Waals surface area contributed by atoms with E-state index in [2.05, 4.69) is 0 Å². The van der Waals surface area contributed by atoms with Gasteiger partial charge < -0.3 is 15.4 Å². The molecule has 8 heteroatoms. The SMILES string of the molecule is NC(=O)CC[C@H]1CN(c2ccc(N3CCC(=O)CC3)c(F)c2)C(=O)O1. The molecule has 0 saturated carbocycles. The standard InChI is InChI=1S/C17H20FN3O4/c18-14-9-11(1-3-15(14)20-7-5-12(22)6-8-20)21-10-13(25-17(21)24)2-4-16(19)23/h1,3,9,13H,2,4-8,10H2,(H2,19,23)/t13-/m0/s1. The second-order valence-electron chi connectivity index (χ2n) is 6.28. The van der Waals surface area contributed by atoms with Crippen LogP contribution in [-0.2, 0) is 14.3 Å². The predicted molar refractivity (Wildman–Crippen MR) is 88.9 cm³/mol. The van der Waals surface area contributed by atoms with Crippen molar-refractivity contribution in [2.75, 3.05) is 29.4 Å². The van der Waals surface area contributed by atoms with Crippen LogP contribution in [0, 0.1) is 5.82 Å². The van der Waals surface area contributed by atoms with Crippen LogP contribution in [0.2, 0.25) is 0 Å². The molecule has 2 saturated heterocycles. The first-order chi connectivity index (χ1) is 11.9. The van der Waals surface area contributed by atoms with Crippen LogP contribution in [-0.4, -0.2) is 43.5 Å². The van der Waals surface area contributed by atoms with Crippen molar-refractivity contribution in [3.05, 3.63) is 24.0 Å². The van der Waals surface area contributed by atoms with Crippen molar-refractivity contribution in [3.8, 4) is 0 Å². The zero-order chi connectivity index (χ0) is 18.0. The molecule has 1 atom stereocenters. The van der Waals surface area contributed by atoms with Gasteiger partial charge in [-0.2, -0.15) is 0 Å². The Labute approximate surface area is 144 Å². The third-order valence-electron chi connectivity index (χ3n) is 4.49. The first-order valence-corrected chi connectivity index (χ1v) is 8.26. The number of nitrogens with two attached hydrogens (primary N) is 1. The highest BCUT2D eigenvalue weighted by Gasteiger charge is 2.33. The summed E-state index contributed by atoms with van der Waals surface area (Å²) in [7, 11) is 0. The van der Waals surface area contributed by atoms with Gasteiger partial charge in [0.2, 0.25) is 5.91 Å². The predicted octanol–water partition coefficient (Wildman–Crippen LogP) is 1.59. The zero-order valence-corrected chi connectivity index (χ0v) is 13.7. The van der Waals surface area contributed by atoms with Crippen LogP contribution >= 0.6 is 0 Å². The molecule has 0 aliphatic carbocycles. The number of Topliss-reactive ketones (excluding diaryl/α,β-unsaturated/α-hetero) is 1. The summed E-state index contributed by atoms with van der Waals surface area (Å²) in [5.41, 5.74) is 5.93. The molecule has 0 radical (unpaired) electrons. The van der Waals surface area contributed by atoms with Gasteiger partial charge in [-0.25, -0.2) is 9.18 Å². The summed E-state index contributed by atoms with van der Waals surface area (Å²) < 4.78 is 19.7. The fourth-order valence-corrected chi connectivity index (χ4v) is 3.10. The molecule has 0 bridgehead atoms. The van der Waals surface area contributed by atoms with E-state index in [-0.39, 0.29) is 18.7 Å². The topological polar surface area (TPSA) is 92.9 Å². The van der Waals surface area contributed by atoms with Crippen LogP contribution in [0.5, 0.6) is 0 Å². The lowest BCUT2D eigenvalue weighted by atomic mass is 10.1. The Kier molecular flexibility index (Phi) is 4.87. The maximum Gasteiger partial charge on any atom is 0.414 e.